The molecule has 19 heteroatoms. The van der Waals surface area contributed by atoms with Crippen molar-refractivity contribution in [3.8, 4) is 0 Å². The minimum atomic E-state index is -5.03. The molecule has 5 atom stereocenters. The van der Waals surface area contributed by atoms with Crippen LogP contribution in [0.5, 0.6) is 0 Å². The van der Waals surface area contributed by atoms with Gasteiger partial charge in [0.25, 0.3) is 0 Å². The zero-order chi connectivity index (χ0) is 77.4. The van der Waals surface area contributed by atoms with Crippen LogP contribution in [-0.4, -0.2) is 96.7 Å². The minimum Gasteiger partial charge on any atom is -0.462 e. The predicted molar refractivity (Wildman–Crippen MR) is 435 cm³/mol. The molecule has 0 aromatic carbocycles. The van der Waals surface area contributed by atoms with E-state index in [1.165, 1.54) is 0 Å². The van der Waals surface area contributed by atoms with Gasteiger partial charge >= 0.3 is 39.5 Å². The van der Waals surface area contributed by atoms with Crippen molar-refractivity contribution in [3.05, 3.63) is 231 Å². The average Bonchev–Trinajstić information content (AvgIpc) is 0.909. The van der Waals surface area contributed by atoms with E-state index in [0.29, 0.717) is 25.7 Å². The van der Waals surface area contributed by atoms with Gasteiger partial charge in [0.1, 0.15) is 19.3 Å². The SMILES string of the molecule is CC/C=C\C/C=C\C/C=C\C/C=C\C/C=C\CCCCCC(=O)OCC(COP(=O)(O)OCC(O)COP(=O)(O)OCC(COC(=O)CCCCCC/C=C\C/C=C\C/C=C\C/C=C\CC)OC(=O)C/C=C\C/C=C\C/C=C\C/C=C\C/C=C\CC)OC(=O)C/C=C\C/C=C\C/C=C\C/C=C\C/C=C\CC. The number of ether oxygens (including phenoxy) is 4. The summed E-state index contributed by atoms with van der Waals surface area (Å²) >= 11 is 0. The van der Waals surface area contributed by atoms with Gasteiger partial charge in [0.2, 0.25) is 0 Å². The highest BCUT2D eigenvalue weighted by molar-refractivity contribution is 7.47. The number of esters is 4. The monoisotopic (exact) mass is 1510 g/mol. The Morgan fingerprint density at radius 2 is 0.491 bits per heavy atom. The number of phosphoric acid groups is 2. The van der Waals surface area contributed by atoms with E-state index in [0.717, 1.165) is 154 Å². The molecule has 0 aliphatic heterocycles. The van der Waals surface area contributed by atoms with E-state index >= 15 is 0 Å². The lowest BCUT2D eigenvalue weighted by Crippen LogP contribution is -2.30. The van der Waals surface area contributed by atoms with Crippen LogP contribution in [0.1, 0.15) is 233 Å². The normalized spacial score (nSPS) is 15.1. The standard InChI is InChI=1S/C87H132O17P2/c1-5-9-13-17-21-25-29-33-37-39-40-42-46-48-52-56-60-64-68-72-85(90)98-78-83(104-87(92)74-70-66-62-58-54-50-44-36-32-28-24-20-16-12-8-4)80-102-106(95,96)100-76-81(88)75-99-105(93,94)101-79-82(103-86(91)73-69-65-61-57-53-49-43-35-31-27-23-19-15-11-7-3)77-97-84(89)71-67-63-59-55-51-47-45-41-38-34-30-26-22-18-14-10-6-2/h9-16,21-28,33-38,40,42-45,47-48,52-54,57-58,65-66,69-70,81-83,88H,5-8,17-20,29-32,39,41,46,49-51,55-56,59-64,67-68,71-80H2,1-4H3,(H,93,94)(H,95,96)/b13-9-,14-10-,15-11-,16-12-,25-21-,26-22-,27-23-,28-24-,37-33-,38-34-,42-40-,43-35-,44-36-,47-45-,52-48-,57-53-,58-54-,69-65-,70-66-. The molecule has 0 amide bonds. The zero-order valence-corrected chi connectivity index (χ0v) is 66.3. The Morgan fingerprint density at radius 3 is 0.755 bits per heavy atom. The molecule has 0 aliphatic carbocycles. The molecule has 0 saturated heterocycles. The fourth-order valence-corrected chi connectivity index (χ4v) is 10.6. The van der Waals surface area contributed by atoms with Gasteiger partial charge in [0.05, 0.1) is 39.3 Å². The number of hydrogen-bond donors (Lipinski definition) is 3. The summed E-state index contributed by atoms with van der Waals surface area (Å²) in [5.41, 5.74) is 0. The van der Waals surface area contributed by atoms with Crippen molar-refractivity contribution in [2.75, 3.05) is 39.6 Å². The summed E-state index contributed by atoms with van der Waals surface area (Å²) in [6.45, 7) is 4.06. The van der Waals surface area contributed by atoms with E-state index in [1.54, 1.807) is 24.3 Å². The molecule has 0 rings (SSSR count). The molecule has 0 aliphatic rings. The molecule has 0 fully saturated rings. The Morgan fingerprint density at radius 1 is 0.274 bits per heavy atom. The quantitative estimate of drug-likeness (QED) is 0.0169. The number of allylic oxidation sites excluding steroid dienone is 36. The van der Waals surface area contributed by atoms with E-state index < -0.39 is 97.5 Å². The zero-order valence-electron chi connectivity index (χ0n) is 64.5. The van der Waals surface area contributed by atoms with E-state index in [-0.39, 0.29) is 25.7 Å². The molecular weight excluding hydrogens is 1380 g/mol. The van der Waals surface area contributed by atoms with Gasteiger partial charge in [0.15, 0.2) is 12.2 Å². The Hall–Kier alpha value is -6.88. The first-order chi connectivity index (χ1) is 51.7. The first kappa shape index (κ1) is 99.1. The third-order valence-corrected chi connectivity index (χ3v) is 16.6. The number of carbonyl (C=O) groups is 4. The number of aliphatic hydroxyl groups excluding tert-OH is 1. The Bertz CT molecular complexity index is 2930. The third kappa shape index (κ3) is 75.4. The first-order valence-corrected chi connectivity index (χ1v) is 41.6. The smallest absolute Gasteiger partial charge is 0.462 e. The molecule has 106 heavy (non-hydrogen) atoms. The van der Waals surface area contributed by atoms with Gasteiger partial charge in [-0.05, 0) is 161 Å². The summed E-state index contributed by atoms with van der Waals surface area (Å²) in [6.07, 6.45) is 98.2. The maximum absolute atomic E-state index is 13.1. The highest BCUT2D eigenvalue weighted by atomic mass is 31.2. The lowest BCUT2D eigenvalue weighted by atomic mass is 10.1. The first-order valence-electron chi connectivity index (χ1n) is 38.6. The summed E-state index contributed by atoms with van der Waals surface area (Å²) in [6, 6.07) is 0. The maximum atomic E-state index is 13.1. The van der Waals surface area contributed by atoms with Crippen molar-refractivity contribution in [2.24, 2.45) is 0 Å². The van der Waals surface area contributed by atoms with Crippen LogP contribution in [-0.2, 0) is 65.4 Å². The van der Waals surface area contributed by atoms with Crippen LogP contribution in [0.25, 0.3) is 0 Å². The molecule has 5 unspecified atom stereocenters. The molecule has 0 aromatic rings. The van der Waals surface area contributed by atoms with Gasteiger partial charge in [-0.2, -0.15) is 0 Å². The third-order valence-electron chi connectivity index (χ3n) is 14.7. The van der Waals surface area contributed by atoms with E-state index in [4.69, 9.17) is 37.0 Å². The summed E-state index contributed by atoms with van der Waals surface area (Å²) < 4.78 is 68.2. The summed E-state index contributed by atoms with van der Waals surface area (Å²) in [4.78, 5) is 72.8. The number of rotatable bonds is 69. The minimum absolute atomic E-state index is 0.0894. The molecule has 0 radical (unpaired) electrons. The van der Waals surface area contributed by atoms with Crippen molar-refractivity contribution < 1.29 is 80.2 Å². The molecule has 0 heterocycles. The number of carbonyl (C=O) groups excluding carboxylic acids is 4. The van der Waals surface area contributed by atoms with E-state index in [1.807, 2.05) is 24.3 Å². The molecule has 0 bridgehead atoms. The Labute approximate surface area is 638 Å². The Balaban J connectivity index is 5.58. The van der Waals surface area contributed by atoms with Gasteiger partial charge in [-0.15, -0.1) is 0 Å². The number of phosphoric ester groups is 2. The van der Waals surface area contributed by atoms with Gasteiger partial charge in [-0.1, -0.05) is 278 Å². The second kappa shape index (κ2) is 76.3. The Kier molecular flexibility index (Phi) is 71.4. The van der Waals surface area contributed by atoms with Crippen LogP contribution < -0.4 is 0 Å². The average molecular weight is 1510 g/mol. The molecule has 0 aromatic heterocycles. The lowest BCUT2D eigenvalue weighted by molar-refractivity contribution is -0.160. The number of aliphatic hydroxyl groups is 1. The molecule has 592 valence electrons. The van der Waals surface area contributed by atoms with Crippen LogP contribution in [0, 0.1) is 0 Å². The second-order valence-corrected chi connectivity index (χ2v) is 27.4. The molecular formula is C87H132O17P2. The summed E-state index contributed by atoms with van der Waals surface area (Å²) in [7, 11) is -10.1. The van der Waals surface area contributed by atoms with Crippen LogP contribution in [0.4, 0.5) is 0 Å². The van der Waals surface area contributed by atoms with Crippen LogP contribution >= 0.6 is 15.6 Å². The van der Waals surface area contributed by atoms with Crippen molar-refractivity contribution in [3.63, 3.8) is 0 Å². The number of hydrogen-bond acceptors (Lipinski definition) is 15. The summed E-state index contributed by atoms with van der Waals surface area (Å²) in [5.74, 6) is -2.57. The van der Waals surface area contributed by atoms with E-state index in [2.05, 4.69) is 210 Å². The van der Waals surface area contributed by atoms with Crippen molar-refractivity contribution in [1.82, 2.24) is 0 Å². The topological polar surface area (TPSA) is 237 Å². The van der Waals surface area contributed by atoms with Crippen molar-refractivity contribution >= 4 is 39.5 Å². The van der Waals surface area contributed by atoms with E-state index in [9.17, 15) is 43.2 Å². The van der Waals surface area contributed by atoms with Gasteiger partial charge < -0.3 is 33.8 Å². The lowest BCUT2D eigenvalue weighted by Gasteiger charge is -2.21. The van der Waals surface area contributed by atoms with Crippen LogP contribution in [0.3, 0.4) is 0 Å². The maximum Gasteiger partial charge on any atom is 0.472 e. The fourth-order valence-electron chi connectivity index (χ4n) is 8.97. The molecule has 0 spiro atoms. The van der Waals surface area contributed by atoms with Crippen molar-refractivity contribution in [1.29, 1.82) is 0 Å². The number of unbranched alkanes of at least 4 members (excludes halogenated alkanes) is 7. The molecule has 3 N–H and O–H groups in total. The van der Waals surface area contributed by atoms with Gasteiger partial charge in [-0.25, -0.2) is 9.13 Å². The highest BCUT2D eigenvalue weighted by Gasteiger charge is 2.30. The fraction of sp³-hybridized carbons (Fsp3) is 0.517. The largest absolute Gasteiger partial charge is 0.472 e. The van der Waals surface area contributed by atoms with Gasteiger partial charge in [-0.3, -0.25) is 37.3 Å². The van der Waals surface area contributed by atoms with Crippen LogP contribution in [0.15, 0.2) is 231 Å². The predicted octanol–water partition coefficient (Wildman–Crippen LogP) is 22.7. The van der Waals surface area contributed by atoms with Gasteiger partial charge in [0, 0.05) is 12.8 Å². The summed E-state index contributed by atoms with van der Waals surface area (Å²) in [5, 5.41) is 10.6. The highest BCUT2D eigenvalue weighted by Crippen LogP contribution is 2.45. The molecule has 0 saturated carbocycles. The molecule has 17 nitrogen and oxygen atoms in total. The van der Waals surface area contributed by atoms with Crippen molar-refractivity contribution in [2.45, 2.75) is 251 Å². The second-order valence-electron chi connectivity index (χ2n) is 24.4. The van der Waals surface area contributed by atoms with Crippen LogP contribution in [0.2, 0.25) is 0 Å².